The van der Waals surface area contributed by atoms with Gasteiger partial charge in [0.2, 0.25) is 6.29 Å². The van der Waals surface area contributed by atoms with Gasteiger partial charge in [0.25, 0.3) is 0 Å². The number of rotatable bonds is 14. The van der Waals surface area contributed by atoms with E-state index in [0.717, 1.165) is 17.5 Å². The first-order chi connectivity index (χ1) is 25.0. The lowest BCUT2D eigenvalue weighted by Crippen LogP contribution is -2.71. The van der Waals surface area contributed by atoms with Gasteiger partial charge in [-0.15, -0.1) is 0 Å². The summed E-state index contributed by atoms with van der Waals surface area (Å²) in [6.45, 7) is 2.22. The molecule has 7 N–H and O–H groups in total. The van der Waals surface area contributed by atoms with E-state index in [-0.39, 0.29) is 51.8 Å². The highest BCUT2D eigenvalue weighted by Crippen LogP contribution is 2.34. The Morgan fingerprint density at radius 2 is 1.85 bits per heavy atom. The van der Waals surface area contributed by atoms with Gasteiger partial charge in [-0.1, -0.05) is 61.5 Å². The number of aromatic hydroxyl groups is 1. The van der Waals surface area contributed by atoms with Gasteiger partial charge in [-0.25, -0.2) is 4.79 Å². The molecule has 3 heterocycles. The maximum absolute atomic E-state index is 13.3. The quantitative estimate of drug-likeness (QED) is 0.0868. The third-order valence-corrected chi connectivity index (χ3v) is 9.63. The van der Waals surface area contributed by atoms with Gasteiger partial charge < -0.3 is 49.7 Å². The molecule has 12 heteroatoms. The van der Waals surface area contributed by atoms with E-state index in [1.54, 1.807) is 12.1 Å². The van der Waals surface area contributed by atoms with E-state index < -0.39 is 36.2 Å². The molecule has 0 amide bonds. The van der Waals surface area contributed by atoms with E-state index in [1.165, 1.54) is 36.6 Å². The molecule has 2 aromatic heterocycles. The van der Waals surface area contributed by atoms with E-state index in [0.29, 0.717) is 18.5 Å². The highest BCUT2D eigenvalue weighted by Gasteiger charge is 2.58. The monoisotopic (exact) mass is 710 g/mol. The molecule has 7 atom stereocenters. The van der Waals surface area contributed by atoms with Crippen molar-refractivity contribution >= 4 is 23.0 Å². The van der Waals surface area contributed by atoms with Gasteiger partial charge in [-0.05, 0) is 78.2 Å². The first-order valence-corrected chi connectivity index (χ1v) is 17.1. The number of allylic oxidation sites excluding steroid dienone is 1. The van der Waals surface area contributed by atoms with Crippen molar-refractivity contribution in [3.63, 3.8) is 0 Å². The Kier molecular flexibility index (Phi) is 11.2. The molecule has 5 aromatic rings. The fourth-order valence-corrected chi connectivity index (χ4v) is 6.50. The Morgan fingerprint density at radius 1 is 1.08 bits per heavy atom. The fourth-order valence-electron chi connectivity index (χ4n) is 6.50. The van der Waals surface area contributed by atoms with Gasteiger partial charge >= 0.3 is 5.97 Å². The summed E-state index contributed by atoms with van der Waals surface area (Å²) in [5.41, 5.74) is 0.512. The second kappa shape index (κ2) is 16.0. The van der Waals surface area contributed by atoms with Crippen LogP contribution in [-0.4, -0.2) is 79.8 Å². The summed E-state index contributed by atoms with van der Waals surface area (Å²) < 4.78 is 17.3. The van der Waals surface area contributed by atoms with Crippen LogP contribution in [-0.2, 0) is 16.0 Å². The van der Waals surface area contributed by atoms with Gasteiger partial charge in [0.15, 0.2) is 17.1 Å². The molecular weight excluding hydrogens is 668 g/mol. The van der Waals surface area contributed by atoms with Crippen LogP contribution in [0.4, 0.5) is 0 Å². The molecule has 6 rings (SSSR count). The van der Waals surface area contributed by atoms with Gasteiger partial charge in [-0.2, -0.15) is 0 Å². The van der Waals surface area contributed by atoms with Crippen LogP contribution in [0.3, 0.4) is 0 Å². The number of carboxylic acids is 1. The third-order valence-electron chi connectivity index (χ3n) is 9.63. The van der Waals surface area contributed by atoms with Crippen LogP contribution in [0.15, 0.2) is 113 Å². The molecule has 3 aromatic carbocycles. The number of nitrogens with one attached hydrogen (secondary N) is 2. The molecule has 0 radical (unpaired) electrons. The first kappa shape index (κ1) is 36.5. The smallest absolute Gasteiger partial charge is 0.335 e. The number of fused-ring (bicyclic) bond motifs is 1. The third kappa shape index (κ3) is 8.12. The molecule has 0 aliphatic carbocycles. The van der Waals surface area contributed by atoms with Crippen molar-refractivity contribution in [2.45, 2.75) is 50.0 Å². The van der Waals surface area contributed by atoms with Gasteiger partial charge in [0.05, 0.1) is 10.9 Å². The highest BCUT2D eigenvalue weighted by atomic mass is 16.7. The van der Waals surface area contributed by atoms with E-state index >= 15 is 0 Å². The SMILES string of the molecule is CC(CC=Cc1ccccc1)C(CNCC1(O)C(Oc2ccc3c(=O)c(-c4ccc(O)cc4)coc3c2)OC(C(=O)O)C(O)C1O)Cc1cc[nH]c1. The summed E-state index contributed by atoms with van der Waals surface area (Å²) in [7, 11) is 0. The molecule has 272 valence electrons. The normalized spacial score (nSPS) is 23.1. The summed E-state index contributed by atoms with van der Waals surface area (Å²) in [4.78, 5) is 28.4. The number of H-pyrrole nitrogens is 1. The van der Waals surface area contributed by atoms with Crippen molar-refractivity contribution in [1.29, 1.82) is 0 Å². The second-order valence-corrected chi connectivity index (χ2v) is 13.3. The minimum Gasteiger partial charge on any atom is -0.508 e. The van der Waals surface area contributed by atoms with Gasteiger partial charge in [-0.3, -0.25) is 4.79 Å². The van der Waals surface area contributed by atoms with Crippen LogP contribution in [0.25, 0.3) is 28.2 Å². The number of hydrogen-bond donors (Lipinski definition) is 7. The van der Waals surface area contributed by atoms with Gasteiger partial charge in [0, 0.05) is 25.0 Å². The average Bonchev–Trinajstić information content (AvgIpc) is 3.66. The minimum atomic E-state index is -2.31. The first-order valence-electron chi connectivity index (χ1n) is 17.1. The zero-order valence-electron chi connectivity index (χ0n) is 28.5. The van der Waals surface area contributed by atoms with Crippen molar-refractivity contribution < 1.29 is 44.2 Å². The van der Waals surface area contributed by atoms with Crippen molar-refractivity contribution in [1.82, 2.24) is 10.3 Å². The lowest BCUT2D eigenvalue weighted by atomic mass is 9.84. The Bertz CT molecular complexity index is 2030. The summed E-state index contributed by atoms with van der Waals surface area (Å²) in [5.74, 6) is -1.18. The number of aliphatic hydroxyl groups excluding tert-OH is 2. The van der Waals surface area contributed by atoms with Crippen molar-refractivity contribution in [3.05, 3.63) is 125 Å². The number of carbonyl (C=O) groups is 1. The number of aromatic amines is 1. The Morgan fingerprint density at radius 3 is 2.56 bits per heavy atom. The second-order valence-electron chi connectivity index (χ2n) is 13.3. The van der Waals surface area contributed by atoms with Crippen LogP contribution in [0.1, 0.15) is 24.5 Å². The molecule has 52 heavy (non-hydrogen) atoms. The Balaban J connectivity index is 1.20. The number of aliphatic hydroxyl groups is 3. The number of hydrogen-bond acceptors (Lipinski definition) is 10. The van der Waals surface area contributed by atoms with E-state index in [1.807, 2.05) is 48.8 Å². The maximum atomic E-state index is 13.3. The standard InChI is InChI=1S/C40H42N2O10/c1-24(6-5-9-25-7-3-2-4-8-25)28(18-26-16-17-41-20-26)21-42-23-40(49)37(46)35(45)36(38(47)48)52-39(40)51-30-14-15-31-33(19-30)50-22-32(34(31)44)27-10-12-29(43)13-11-27/h2-5,7-17,19-20,22,24,28,35-37,39,41-43,45-46,49H,6,18,21,23H2,1H3,(H,47,48). The number of phenolic OH excluding ortho intramolecular Hbond substituents is 1. The summed E-state index contributed by atoms with van der Waals surface area (Å²) >= 11 is 0. The lowest BCUT2D eigenvalue weighted by molar-refractivity contribution is -0.311. The van der Waals surface area contributed by atoms with E-state index in [9.17, 15) is 35.1 Å². The molecule has 12 nitrogen and oxygen atoms in total. The average molecular weight is 711 g/mol. The van der Waals surface area contributed by atoms with Crippen molar-refractivity contribution in [2.24, 2.45) is 11.8 Å². The number of aliphatic carboxylic acids is 1. The van der Waals surface area contributed by atoms with Crippen molar-refractivity contribution in [3.8, 4) is 22.6 Å². The number of benzene rings is 3. The molecule has 0 spiro atoms. The molecule has 7 unspecified atom stereocenters. The van der Waals surface area contributed by atoms with Gasteiger partial charge in [0.1, 0.15) is 35.6 Å². The summed E-state index contributed by atoms with van der Waals surface area (Å²) in [6, 6.07) is 22.4. The number of aromatic nitrogens is 1. The number of carboxylic acid groups (broad SMARTS) is 1. The van der Waals surface area contributed by atoms with E-state index in [4.69, 9.17) is 13.9 Å². The Labute approximate surface area is 299 Å². The van der Waals surface area contributed by atoms with Crippen LogP contribution in [0.2, 0.25) is 0 Å². The van der Waals surface area contributed by atoms with Crippen molar-refractivity contribution in [2.75, 3.05) is 13.1 Å². The zero-order chi connectivity index (χ0) is 36.8. The zero-order valence-corrected chi connectivity index (χ0v) is 28.5. The fraction of sp³-hybridized carbons (Fsp3) is 0.300. The minimum absolute atomic E-state index is 0.0494. The number of phenols is 1. The maximum Gasteiger partial charge on any atom is 0.335 e. The summed E-state index contributed by atoms with van der Waals surface area (Å²) in [5, 5.41) is 56.6. The molecule has 0 bridgehead atoms. The molecule has 1 fully saturated rings. The molecule has 1 saturated heterocycles. The largest absolute Gasteiger partial charge is 0.508 e. The molecule has 1 aliphatic rings. The predicted molar refractivity (Wildman–Crippen MR) is 194 cm³/mol. The highest BCUT2D eigenvalue weighted by molar-refractivity contribution is 5.82. The van der Waals surface area contributed by atoms with E-state index in [2.05, 4.69) is 29.4 Å². The van der Waals surface area contributed by atoms with Crippen LogP contribution in [0.5, 0.6) is 11.5 Å². The topological polar surface area (TPSA) is 195 Å². The number of ether oxygens (including phenoxy) is 2. The lowest BCUT2D eigenvalue weighted by Gasteiger charge is -2.47. The summed E-state index contributed by atoms with van der Waals surface area (Å²) in [6.07, 6.45) is 3.17. The van der Waals surface area contributed by atoms with Crippen LogP contribution >= 0.6 is 0 Å². The molecular formula is C40H42N2O10. The predicted octanol–water partition coefficient (Wildman–Crippen LogP) is 4.32. The molecule has 1 aliphatic heterocycles. The molecule has 0 saturated carbocycles. The Hall–Kier alpha value is -5.24. The van der Waals surface area contributed by atoms with Crippen LogP contribution < -0.4 is 15.5 Å². The van der Waals surface area contributed by atoms with Crippen LogP contribution in [0, 0.1) is 11.8 Å².